The van der Waals surface area contributed by atoms with Crippen molar-refractivity contribution in [3.8, 4) is 5.75 Å². The Morgan fingerprint density at radius 1 is 0.959 bits per heavy atom. The number of nitrogens with one attached hydrogen (secondary N) is 3. The molecular weight excluding hydrogens is 624 g/mol. The molecule has 1 fully saturated rings. The third-order valence-corrected chi connectivity index (χ3v) is 8.77. The van der Waals surface area contributed by atoms with E-state index in [0.29, 0.717) is 13.0 Å². The van der Waals surface area contributed by atoms with E-state index in [1.807, 2.05) is 78.9 Å². The Labute approximate surface area is 288 Å². The fourth-order valence-electron chi connectivity index (χ4n) is 6.22. The molecule has 1 aliphatic carbocycles. The van der Waals surface area contributed by atoms with E-state index >= 15 is 0 Å². The van der Waals surface area contributed by atoms with Crippen LogP contribution in [0.2, 0.25) is 0 Å². The lowest BCUT2D eigenvalue weighted by Crippen LogP contribution is -2.60. The van der Waals surface area contributed by atoms with Gasteiger partial charge in [-0.1, -0.05) is 66.7 Å². The highest BCUT2D eigenvalue weighted by molar-refractivity contribution is 5.83. The molecule has 3 aromatic rings. The number of benzene rings is 3. The molecule has 0 bridgehead atoms. The molecule has 2 aliphatic rings. The second kappa shape index (κ2) is 17.1. The van der Waals surface area contributed by atoms with E-state index in [1.54, 1.807) is 20.8 Å². The summed E-state index contributed by atoms with van der Waals surface area (Å²) in [6.45, 7) is 10.2. The lowest BCUT2D eigenvalue weighted by Gasteiger charge is -2.32. The van der Waals surface area contributed by atoms with Crippen LogP contribution >= 0.6 is 0 Å². The third kappa shape index (κ3) is 10.7. The van der Waals surface area contributed by atoms with Gasteiger partial charge in [-0.2, -0.15) is 0 Å². The van der Waals surface area contributed by atoms with Gasteiger partial charge in [0.1, 0.15) is 24.0 Å². The normalized spacial score (nSPS) is 19.7. The van der Waals surface area contributed by atoms with Gasteiger partial charge in [0.15, 0.2) is 0 Å². The molecule has 49 heavy (non-hydrogen) atoms. The first kappa shape index (κ1) is 36.3. The van der Waals surface area contributed by atoms with Gasteiger partial charge in [0.2, 0.25) is 5.91 Å². The zero-order valence-corrected chi connectivity index (χ0v) is 28.6. The van der Waals surface area contributed by atoms with Crippen LogP contribution in [-0.4, -0.2) is 96.5 Å². The van der Waals surface area contributed by atoms with Gasteiger partial charge in [-0.15, -0.1) is 0 Å². The van der Waals surface area contributed by atoms with Gasteiger partial charge in [-0.3, -0.25) is 15.0 Å². The summed E-state index contributed by atoms with van der Waals surface area (Å²) in [6.07, 6.45) is -2.22. The molecule has 0 aromatic heterocycles. The predicted octanol–water partition coefficient (Wildman–Crippen LogP) is 3.13. The van der Waals surface area contributed by atoms with Crippen LogP contribution in [0.25, 0.3) is 0 Å². The van der Waals surface area contributed by atoms with Gasteiger partial charge in [-0.25, -0.2) is 4.79 Å². The Balaban J connectivity index is 1.31. The molecule has 11 nitrogen and oxygen atoms in total. The number of carbonyl (C=O) groups excluding carboxylic acids is 2. The minimum absolute atomic E-state index is 0.248. The first-order valence-corrected chi connectivity index (χ1v) is 17.1. The van der Waals surface area contributed by atoms with Crippen LogP contribution in [-0.2, 0) is 33.7 Å². The summed E-state index contributed by atoms with van der Waals surface area (Å²) in [4.78, 5) is 29.4. The highest BCUT2D eigenvalue weighted by Gasteiger charge is 2.38. The van der Waals surface area contributed by atoms with E-state index in [4.69, 9.17) is 14.2 Å². The van der Waals surface area contributed by atoms with Crippen molar-refractivity contribution in [3.63, 3.8) is 0 Å². The van der Waals surface area contributed by atoms with Crippen molar-refractivity contribution in [1.29, 1.82) is 0 Å². The van der Waals surface area contributed by atoms with Crippen molar-refractivity contribution in [1.82, 2.24) is 20.9 Å². The maximum absolute atomic E-state index is 14.1. The molecule has 3 aromatic carbocycles. The molecule has 1 saturated heterocycles. The zero-order chi connectivity index (χ0) is 34.8. The van der Waals surface area contributed by atoms with Gasteiger partial charge >= 0.3 is 6.09 Å². The molecule has 5 atom stereocenters. The fraction of sp³-hybridized carbons (Fsp3) is 0.474. The first-order valence-electron chi connectivity index (χ1n) is 17.1. The number of nitrogens with zero attached hydrogens (tertiary/aromatic N) is 1. The monoisotopic (exact) mass is 674 g/mol. The number of aliphatic hydroxyl groups excluding tert-OH is 2. The number of amides is 2. The van der Waals surface area contributed by atoms with Crippen LogP contribution in [0.5, 0.6) is 5.75 Å². The van der Waals surface area contributed by atoms with Crippen molar-refractivity contribution in [3.05, 3.63) is 101 Å². The number of hydrogen-bond donors (Lipinski definition) is 5. The number of carbonyl (C=O) groups is 2. The second-order valence-electron chi connectivity index (χ2n) is 13.7. The molecule has 1 heterocycles. The standard InChI is InChI=1S/C38H50N4O7/c1-38(2,3)49-37(46)40-31(23-26-9-5-4-6-10-26)35(44)34(36(45)41-33-30-12-8-7-11-28(30)24-32(33)43)39-25-27-13-15-29(16-14-27)48-22-19-42-17-20-47-21-18-42/h4-16,31-35,39,43-44H,17-25H2,1-3H3,(H,40,46)(H,41,45)/t31-,32?,33-,34+,35+/m0/s1. The maximum atomic E-state index is 14.1. The van der Waals surface area contributed by atoms with Gasteiger partial charge in [0.25, 0.3) is 0 Å². The van der Waals surface area contributed by atoms with Crippen LogP contribution < -0.4 is 20.7 Å². The van der Waals surface area contributed by atoms with Crippen molar-refractivity contribution in [2.45, 2.75) is 76.1 Å². The smallest absolute Gasteiger partial charge is 0.407 e. The molecular formula is C38H50N4O7. The number of alkyl carbamates (subject to hydrolysis) is 1. The molecule has 5 N–H and O–H groups in total. The van der Waals surface area contributed by atoms with E-state index in [9.17, 15) is 19.8 Å². The number of ether oxygens (including phenoxy) is 3. The average Bonchev–Trinajstić information content (AvgIpc) is 3.39. The van der Waals surface area contributed by atoms with Crippen LogP contribution in [0.15, 0.2) is 78.9 Å². The number of aliphatic hydroxyl groups is 2. The Kier molecular flexibility index (Phi) is 12.7. The number of rotatable bonds is 14. The van der Waals surface area contributed by atoms with E-state index in [-0.39, 0.29) is 13.0 Å². The molecule has 2 amide bonds. The third-order valence-electron chi connectivity index (χ3n) is 8.77. The Morgan fingerprint density at radius 2 is 1.65 bits per heavy atom. The minimum Gasteiger partial charge on any atom is -0.492 e. The second-order valence-corrected chi connectivity index (χ2v) is 13.7. The fourth-order valence-corrected chi connectivity index (χ4v) is 6.22. The topological polar surface area (TPSA) is 142 Å². The molecule has 11 heteroatoms. The van der Waals surface area contributed by atoms with Gasteiger partial charge in [-0.05, 0) is 61.6 Å². The largest absolute Gasteiger partial charge is 0.492 e. The van der Waals surface area contributed by atoms with Crippen LogP contribution in [0.4, 0.5) is 4.79 Å². The lowest BCUT2D eigenvalue weighted by molar-refractivity contribution is -0.128. The SMILES string of the molecule is CC(C)(C)OC(=O)N[C@@H](Cc1ccccc1)[C@@H](O)[C@@H](NCc1ccc(OCCN2CCOCC2)cc1)C(=O)N[C@H]1c2ccccc2CC1O. The van der Waals surface area contributed by atoms with Crippen molar-refractivity contribution < 1.29 is 34.0 Å². The Hall–Kier alpha value is -4.00. The molecule has 1 unspecified atom stereocenters. The zero-order valence-electron chi connectivity index (χ0n) is 28.6. The maximum Gasteiger partial charge on any atom is 0.407 e. The molecule has 0 spiro atoms. The summed E-state index contributed by atoms with van der Waals surface area (Å²) in [6, 6.07) is 22.0. The average molecular weight is 675 g/mol. The minimum atomic E-state index is -1.37. The van der Waals surface area contributed by atoms with E-state index < -0.39 is 47.9 Å². The van der Waals surface area contributed by atoms with Crippen molar-refractivity contribution >= 4 is 12.0 Å². The lowest BCUT2D eigenvalue weighted by atomic mass is 9.95. The number of fused-ring (bicyclic) bond motifs is 1. The Bertz CT molecular complexity index is 1490. The van der Waals surface area contributed by atoms with E-state index in [1.165, 1.54) is 0 Å². The Morgan fingerprint density at radius 3 is 2.37 bits per heavy atom. The summed E-state index contributed by atoms with van der Waals surface area (Å²) >= 11 is 0. The molecule has 264 valence electrons. The first-order chi connectivity index (χ1) is 23.6. The van der Waals surface area contributed by atoms with E-state index in [0.717, 1.165) is 60.9 Å². The molecule has 1 aliphatic heterocycles. The molecule has 0 saturated carbocycles. The van der Waals surface area contributed by atoms with Gasteiger partial charge in [0.05, 0.1) is 37.5 Å². The van der Waals surface area contributed by atoms with Crippen molar-refractivity contribution in [2.24, 2.45) is 0 Å². The number of morpholine rings is 1. The molecule has 0 radical (unpaired) electrons. The van der Waals surface area contributed by atoms with Crippen molar-refractivity contribution in [2.75, 3.05) is 39.5 Å². The summed E-state index contributed by atoms with van der Waals surface area (Å²) < 4.78 is 16.9. The van der Waals surface area contributed by atoms with Gasteiger partial charge in [0, 0.05) is 32.6 Å². The summed E-state index contributed by atoms with van der Waals surface area (Å²) in [5.41, 5.74) is 2.79. The summed E-state index contributed by atoms with van der Waals surface area (Å²) in [7, 11) is 0. The summed E-state index contributed by atoms with van der Waals surface area (Å²) in [5.74, 6) is 0.241. The summed E-state index contributed by atoms with van der Waals surface area (Å²) in [5, 5.41) is 31.9. The van der Waals surface area contributed by atoms with Gasteiger partial charge < -0.3 is 35.1 Å². The molecule has 5 rings (SSSR count). The van der Waals surface area contributed by atoms with Crippen LogP contribution in [0.1, 0.15) is 49.1 Å². The number of hydrogen-bond acceptors (Lipinski definition) is 9. The van der Waals surface area contributed by atoms with Crippen LogP contribution in [0, 0.1) is 0 Å². The highest BCUT2D eigenvalue weighted by atomic mass is 16.6. The van der Waals surface area contributed by atoms with E-state index in [2.05, 4.69) is 20.9 Å². The van der Waals surface area contributed by atoms with Crippen LogP contribution in [0.3, 0.4) is 0 Å². The highest BCUT2D eigenvalue weighted by Crippen LogP contribution is 2.31. The predicted molar refractivity (Wildman–Crippen MR) is 186 cm³/mol. The quantitative estimate of drug-likeness (QED) is 0.175.